The van der Waals surface area contributed by atoms with Gasteiger partial charge in [0.1, 0.15) is 0 Å². The van der Waals surface area contributed by atoms with Gasteiger partial charge in [0.15, 0.2) is 0 Å². The maximum atomic E-state index is 12.9. The molecule has 1 aromatic rings. The molecule has 2 amide bonds. The molecule has 3 rings (SSSR count). The van der Waals surface area contributed by atoms with Crippen LogP contribution < -0.4 is 4.90 Å². The number of piperidine rings is 1. The summed E-state index contributed by atoms with van der Waals surface area (Å²) < 4.78 is 0. The van der Waals surface area contributed by atoms with Gasteiger partial charge >= 0.3 is 0 Å². The monoisotopic (exact) mass is 413 g/mol. The number of benzene rings is 1. The lowest BCUT2D eigenvalue weighted by Gasteiger charge is -2.44. The van der Waals surface area contributed by atoms with Crippen LogP contribution in [0.5, 0.6) is 0 Å². The molecule has 0 radical (unpaired) electrons. The number of amides is 2. The molecular formula is C25H39N3O2. The summed E-state index contributed by atoms with van der Waals surface area (Å²) in [5.41, 5.74) is 2.04. The highest BCUT2D eigenvalue weighted by Crippen LogP contribution is 2.31. The van der Waals surface area contributed by atoms with Gasteiger partial charge in [-0.2, -0.15) is 0 Å². The molecule has 1 aromatic carbocycles. The SMILES string of the molecule is CCC(=O)N1CCC2CCCC(CN(C(C)=O)Cc3ccccc31)N2CCC(C)C. The second-order valence-electron chi connectivity index (χ2n) is 9.37. The van der Waals surface area contributed by atoms with Crippen LogP contribution in [0.4, 0.5) is 5.69 Å². The van der Waals surface area contributed by atoms with E-state index in [1.165, 1.54) is 19.3 Å². The number of hydrogen-bond donors (Lipinski definition) is 0. The predicted molar refractivity (Wildman–Crippen MR) is 122 cm³/mol. The predicted octanol–water partition coefficient (Wildman–Crippen LogP) is 4.45. The van der Waals surface area contributed by atoms with Crippen molar-refractivity contribution >= 4 is 17.5 Å². The molecule has 0 N–H and O–H groups in total. The lowest BCUT2D eigenvalue weighted by molar-refractivity contribution is -0.130. The Labute approximate surface area is 182 Å². The van der Waals surface area contributed by atoms with Crippen molar-refractivity contribution in [2.75, 3.05) is 24.5 Å². The average molecular weight is 414 g/mol. The third-order valence-electron chi connectivity index (χ3n) is 6.79. The zero-order chi connectivity index (χ0) is 21.7. The van der Waals surface area contributed by atoms with Gasteiger partial charge in [0.25, 0.3) is 0 Å². The molecule has 0 aromatic heterocycles. The summed E-state index contributed by atoms with van der Waals surface area (Å²) in [5, 5.41) is 0. The highest BCUT2D eigenvalue weighted by molar-refractivity contribution is 5.94. The molecule has 0 saturated carbocycles. The third-order valence-corrected chi connectivity index (χ3v) is 6.79. The van der Waals surface area contributed by atoms with Crippen molar-refractivity contribution in [1.29, 1.82) is 0 Å². The molecular weight excluding hydrogens is 374 g/mol. The molecule has 2 unspecified atom stereocenters. The largest absolute Gasteiger partial charge is 0.337 e. The van der Waals surface area contributed by atoms with Crippen LogP contribution in [0, 0.1) is 5.92 Å². The smallest absolute Gasteiger partial charge is 0.226 e. The number of carbonyl (C=O) groups is 2. The number of hydrogen-bond acceptors (Lipinski definition) is 3. The lowest BCUT2D eigenvalue weighted by atomic mass is 9.92. The molecule has 5 heteroatoms. The fourth-order valence-corrected chi connectivity index (χ4v) is 5.02. The van der Waals surface area contributed by atoms with Crippen molar-refractivity contribution in [2.24, 2.45) is 5.92 Å². The van der Waals surface area contributed by atoms with Gasteiger partial charge in [-0.05, 0) is 49.8 Å². The van der Waals surface area contributed by atoms with Crippen molar-refractivity contribution in [2.45, 2.75) is 84.8 Å². The maximum Gasteiger partial charge on any atom is 0.226 e. The van der Waals surface area contributed by atoms with Gasteiger partial charge in [-0.25, -0.2) is 0 Å². The summed E-state index contributed by atoms with van der Waals surface area (Å²) in [6, 6.07) is 9.02. The van der Waals surface area contributed by atoms with Crippen LogP contribution in [0.3, 0.4) is 0 Å². The van der Waals surface area contributed by atoms with Crippen LogP contribution >= 0.6 is 0 Å². The van der Waals surface area contributed by atoms with E-state index in [0.717, 1.165) is 43.7 Å². The van der Waals surface area contributed by atoms with Crippen LogP contribution in [0.25, 0.3) is 0 Å². The van der Waals surface area contributed by atoms with E-state index in [1.54, 1.807) is 6.92 Å². The Morgan fingerprint density at radius 1 is 1.10 bits per heavy atom. The highest BCUT2D eigenvalue weighted by Gasteiger charge is 2.34. The fourth-order valence-electron chi connectivity index (χ4n) is 5.02. The van der Waals surface area contributed by atoms with E-state index in [0.29, 0.717) is 31.0 Å². The minimum absolute atomic E-state index is 0.114. The van der Waals surface area contributed by atoms with Crippen LogP contribution in [0.2, 0.25) is 0 Å². The third kappa shape index (κ3) is 5.42. The van der Waals surface area contributed by atoms with Crippen molar-refractivity contribution in [3.05, 3.63) is 29.8 Å². The fraction of sp³-hybridized carbons (Fsp3) is 0.680. The molecule has 2 heterocycles. The Bertz CT molecular complexity index is 733. The van der Waals surface area contributed by atoms with Gasteiger partial charge in [0.2, 0.25) is 11.8 Å². The van der Waals surface area contributed by atoms with E-state index in [2.05, 4.69) is 24.8 Å². The molecule has 0 spiro atoms. The van der Waals surface area contributed by atoms with Crippen molar-refractivity contribution in [3.63, 3.8) is 0 Å². The van der Waals surface area contributed by atoms with Crippen LogP contribution in [0.1, 0.15) is 71.8 Å². The molecule has 1 fully saturated rings. The number of anilines is 1. The van der Waals surface area contributed by atoms with E-state index in [9.17, 15) is 9.59 Å². The molecule has 2 aliphatic heterocycles. The summed E-state index contributed by atoms with van der Waals surface area (Å²) in [4.78, 5) is 32.1. The van der Waals surface area contributed by atoms with Gasteiger partial charge in [-0.3, -0.25) is 14.5 Å². The van der Waals surface area contributed by atoms with Gasteiger partial charge in [0, 0.05) is 50.7 Å². The average Bonchev–Trinajstić information content (AvgIpc) is 2.73. The molecule has 0 aliphatic carbocycles. The van der Waals surface area contributed by atoms with Gasteiger partial charge < -0.3 is 9.80 Å². The molecule has 2 aliphatic rings. The number of nitrogens with zero attached hydrogens (tertiary/aromatic N) is 3. The Hall–Kier alpha value is -1.88. The van der Waals surface area contributed by atoms with Crippen molar-refractivity contribution < 1.29 is 9.59 Å². The first-order valence-corrected chi connectivity index (χ1v) is 11.8. The maximum absolute atomic E-state index is 12.9. The zero-order valence-corrected chi connectivity index (χ0v) is 19.3. The summed E-state index contributed by atoms with van der Waals surface area (Å²) in [6.45, 7) is 11.3. The summed E-state index contributed by atoms with van der Waals surface area (Å²) in [6.07, 6.45) is 6.20. The highest BCUT2D eigenvalue weighted by atomic mass is 16.2. The standard InChI is InChI=1S/C25H39N3O2/c1-5-25(30)28-16-14-22-10-8-11-23(27(22)15-13-19(2)3)18-26(20(4)29)17-21-9-6-7-12-24(21)28/h6-7,9,12,19,22-23H,5,8,10-11,13-18H2,1-4H3. The summed E-state index contributed by atoms with van der Waals surface area (Å²) in [7, 11) is 0. The van der Waals surface area contributed by atoms with E-state index >= 15 is 0 Å². The first-order chi connectivity index (χ1) is 14.4. The van der Waals surface area contributed by atoms with Gasteiger partial charge in [-0.15, -0.1) is 0 Å². The minimum atomic E-state index is 0.114. The van der Waals surface area contributed by atoms with E-state index in [-0.39, 0.29) is 11.8 Å². The number of para-hydroxylation sites is 1. The van der Waals surface area contributed by atoms with E-state index < -0.39 is 0 Å². The molecule has 2 atom stereocenters. The van der Waals surface area contributed by atoms with Gasteiger partial charge in [0.05, 0.1) is 0 Å². The first kappa shape index (κ1) is 22.8. The normalized spacial score (nSPS) is 23.1. The molecule has 1 saturated heterocycles. The van der Waals surface area contributed by atoms with Crippen molar-refractivity contribution in [3.8, 4) is 0 Å². The van der Waals surface area contributed by atoms with Crippen molar-refractivity contribution in [1.82, 2.24) is 9.80 Å². The van der Waals surface area contributed by atoms with Crippen LogP contribution in [0.15, 0.2) is 24.3 Å². The Morgan fingerprint density at radius 3 is 2.53 bits per heavy atom. The topological polar surface area (TPSA) is 43.9 Å². The number of rotatable bonds is 4. The molecule has 2 bridgehead atoms. The van der Waals surface area contributed by atoms with E-state index in [4.69, 9.17) is 0 Å². The second kappa shape index (κ2) is 10.4. The molecule has 5 nitrogen and oxygen atoms in total. The molecule has 166 valence electrons. The Balaban J connectivity index is 1.98. The number of carbonyl (C=O) groups excluding carboxylic acids is 2. The van der Waals surface area contributed by atoms with Crippen LogP contribution in [-0.4, -0.2) is 53.3 Å². The molecule has 30 heavy (non-hydrogen) atoms. The minimum Gasteiger partial charge on any atom is -0.337 e. The zero-order valence-electron chi connectivity index (χ0n) is 19.3. The quantitative estimate of drug-likeness (QED) is 0.732. The van der Waals surface area contributed by atoms with Gasteiger partial charge in [-0.1, -0.05) is 45.4 Å². The summed E-state index contributed by atoms with van der Waals surface area (Å²) >= 11 is 0. The summed E-state index contributed by atoms with van der Waals surface area (Å²) in [5.74, 6) is 0.941. The Kier molecular flexibility index (Phi) is 7.93. The van der Waals surface area contributed by atoms with Crippen LogP contribution in [-0.2, 0) is 16.1 Å². The first-order valence-electron chi connectivity index (χ1n) is 11.8. The van der Waals surface area contributed by atoms with E-state index in [1.807, 2.05) is 34.9 Å². The second-order valence-corrected chi connectivity index (χ2v) is 9.37. The number of fused-ring (bicyclic) bond motifs is 3. The lowest BCUT2D eigenvalue weighted by Crippen LogP contribution is -2.53. The Morgan fingerprint density at radius 2 is 1.83 bits per heavy atom.